The molecule has 1 atom stereocenters. The van der Waals surface area contributed by atoms with Crippen LogP contribution in [0.3, 0.4) is 0 Å². The van der Waals surface area contributed by atoms with Crippen molar-refractivity contribution in [1.29, 1.82) is 0 Å². The van der Waals surface area contributed by atoms with Crippen LogP contribution in [0.4, 0.5) is 5.69 Å². The maximum Gasteiger partial charge on any atom is 0.265 e. The van der Waals surface area contributed by atoms with E-state index in [9.17, 15) is 4.79 Å². The topological polar surface area (TPSA) is 91.2 Å². The van der Waals surface area contributed by atoms with Crippen LogP contribution in [0.1, 0.15) is 6.92 Å². The van der Waals surface area contributed by atoms with Gasteiger partial charge in [-0.1, -0.05) is 18.2 Å². The van der Waals surface area contributed by atoms with Crippen LogP contribution in [0.25, 0.3) is 5.82 Å². The fraction of sp³-hybridized carbons (Fsp3) is 0.0909. The molecule has 2 aromatic carbocycles. The van der Waals surface area contributed by atoms with Gasteiger partial charge in [0.25, 0.3) is 5.91 Å². The van der Waals surface area contributed by atoms with Crippen molar-refractivity contribution in [3.63, 3.8) is 0 Å². The molecule has 30 heavy (non-hydrogen) atoms. The molecule has 0 aliphatic rings. The smallest absolute Gasteiger partial charge is 0.265 e. The molecule has 1 amide bonds. The summed E-state index contributed by atoms with van der Waals surface area (Å²) in [7, 11) is 0. The number of nitrogens with zero attached hydrogens (tertiary/aromatic N) is 4. The van der Waals surface area contributed by atoms with Gasteiger partial charge in [0.15, 0.2) is 11.9 Å². The molecule has 1 N–H and O–H groups in total. The van der Waals surface area contributed by atoms with Crippen molar-refractivity contribution in [3.8, 4) is 23.2 Å². The van der Waals surface area contributed by atoms with Crippen LogP contribution in [0.2, 0.25) is 0 Å². The summed E-state index contributed by atoms with van der Waals surface area (Å²) in [6, 6.07) is 19.7. The average molecular weight is 401 g/mol. The first-order valence-electron chi connectivity index (χ1n) is 9.30. The van der Waals surface area contributed by atoms with Crippen LogP contribution in [0.15, 0.2) is 85.5 Å². The van der Waals surface area contributed by atoms with Crippen molar-refractivity contribution < 1.29 is 14.3 Å². The van der Waals surface area contributed by atoms with Gasteiger partial charge in [-0.15, -0.1) is 10.2 Å². The summed E-state index contributed by atoms with van der Waals surface area (Å²) in [5, 5.41) is 11.0. The van der Waals surface area contributed by atoms with Gasteiger partial charge in [-0.25, -0.2) is 4.98 Å². The molecule has 4 aromatic rings. The highest BCUT2D eigenvalue weighted by atomic mass is 16.5. The summed E-state index contributed by atoms with van der Waals surface area (Å²) < 4.78 is 13.1. The van der Waals surface area contributed by atoms with Crippen LogP contribution in [0.5, 0.6) is 17.4 Å². The molecule has 0 aliphatic carbocycles. The lowest BCUT2D eigenvalue weighted by Crippen LogP contribution is -2.30. The van der Waals surface area contributed by atoms with E-state index in [1.165, 1.54) is 0 Å². The lowest BCUT2D eigenvalue weighted by molar-refractivity contribution is -0.122. The predicted octanol–water partition coefficient (Wildman–Crippen LogP) is 3.86. The molecule has 0 spiro atoms. The van der Waals surface area contributed by atoms with Crippen LogP contribution in [0, 0.1) is 0 Å². The lowest BCUT2D eigenvalue weighted by atomic mass is 10.2. The van der Waals surface area contributed by atoms with Gasteiger partial charge >= 0.3 is 0 Å². The van der Waals surface area contributed by atoms with Crippen molar-refractivity contribution in [2.24, 2.45) is 0 Å². The molecule has 8 heteroatoms. The van der Waals surface area contributed by atoms with Crippen molar-refractivity contribution in [2.75, 3.05) is 5.32 Å². The highest BCUT2D eigenvalue weighted by Crippen LogP contribution is 2.22. The standard InChI is InChI=1S/C22H19N5O3/c1-16(29-18-5-3-2-4-6-18)22(28)24-17-7-9-19(10-8-17)30-21-12-11-20(25-26-21)27-14-13-23-15-27/h2-16H,1H3,(H,24,28). The summed E-state index contributed by atoms with van der Waals surface area (Å²) in [6.07, 6.45) is 4.46. The summed E-state index contributed by atoms with van der Waals surface area (Å²) in [6.45, 7) is 1.70. The fourth-order valence-corrected chi connectivity index (χ4v) is 2.63. The van der Waals surface area contributed by atoms with Gasteiger partial charge in [0, 0.05) is 24.1 Å². The highest BCUT2D eigenvalue weighted by Gasteiger charge is 2.14. The van der Waals surface area contributed by atoms with Crippen molar-refractivity contribution in [1.82, 2.24) is 19.7 Å². The van der Waals surface area contributed by atoms with Gasteiger partial charge in [0.1, 0.15) is 17.8 Å². The van der Waals surface area contributed by atoms with Gasteiger partial charge in [0.05, 0.1) is 0 Å². The molecule has 0 aliphatic heterocycles. The molecule has 0 bridgehead atoms. The summed E-state index contributed by atoms with van der Waals surface area (Å²) in [5.74, 6) is 1.98. The first-order valence-corrected chi connectivity index (χ1v) is 9.30. The molecule has 1 unspecified atom stereocenters. The number of para-hydroxylation sites is 1. The van der Waals surface area contributed by atoms with Gasteiger partial charge in [0.2, 0.25) is 5.88 Å². The molecule has 0 saturated carbocycles. The normalized spacial score (nSPS) is 11.5. The highest BCUT2D eigenvalue weighted by molar-refractivity contribution is 5.94. The summed E-state index contributed by atoms with van der Waals surface area (Å²) in [5.41, 5.74) is 0.636. The number of rotatable bonds is 7. The zero-order valence-corrected chi connectivity index (χ0v) is 16.2. The number of anilines is 1. The Bertz CT molecular complexity index is 1080. The third-order valence-corrected chi connectivity index (χ3v) is 4.16. The Labute approximate surface area is 173 Å². The summed E-state index contributed by atoms with van der Waals surface area (Å²) in [4.78, 5) is 16.3. The lowest BCUT2D eigenvalue weighted by Gasteiger charge is -2.15. The second-order valence-electron chi connectivity index (χ2n) is 6.39. The Morgan fingerprint density at radius 3 is 2.43 bits per heavy atom. The van der Waals surface area contributed by atoms with E-state index in [2.05, 4.69) is 20.5 Å². The van der Waals surface area contributed by atoms with Crippen LogP contribution >= 0.6 is 0 Å². The van der Waals surface area contributed by atoms with Crippen LogP contribution in [-0.4, -0.2) is 31.8 Å². The Kier molecular flexibility index (Phi) is 5.66. The van der Waals surface area contributed by atoms with E-state index in [-0.39, 0.29) is 5.91 Å². The van der Waals surface area contributed by atoms with E-state index < -0.39 is 6.10 Å². The Morgan fingerprint density at radius 1 is 0.967 bits per heavy atom. The van der Waals surface area contributed by atoms with E-state index in [4.69, 9.17) is 9.47 Å². The Morgan fingerprint density at radius 2 is 1.77 bits per heavy atom. The van der Waals surface area contributed by atoms with Crippen LogP contribution in [-0.2, 0) is 4.79 Å². The van der Waals surface area contributed by atoms with Gasteiger partial charge in [-0.2, -0.15) is 0 Å². The zero-order valence-electron chi connectivity index (χ0n) is 16.2. The number of hydrogen-bond donors (Lipinski definition) is 1. The monoisotopic (exact) mass is 401 g/mol. The largest absolute Gasteiger partial charge is 0.481 e. The molecule has 0 saturated heterocycles. The number of carbonyl (C=O) groups excluding carboxylic acids is 1. The summed E-state index contributed by atoms with van der Waals surface area (Å²) >= 11 is 0. The minimum Gasteiger partial charge on any atom is -0.481 e. The quantitative estimate of drug-likeness (QED) is 0.506. The molecule has 0 radical (unpaired) electrons. The zero-order chi connectivity index (χ0) is 20.8. The minimum atomic E-state index is -0.632. The molecular weight excluding hydrogens is 382 g/mol. The number of aromatic nitrogens is 4. The first-order chi connectivity index (χ1) is 14.7. The van der Waals surface area contributed by atoms with E-state index in [0.29, 0.717) is 28.9 Å². The van der Waals surface area contributed by atoms with Crippen molar-refractivity contribution >= 4 is 11.6 Å². The number of nitrogens with one attached hydrogen (secondary N) is 1. The third kappa shape index (κ3) is 4.79. The molecule has 8 nitrogen and oxygen atoms in total. The van der Waals surface area contributed by atoms with Crippen molar-refractivity contribution in [3.05, 3.63) is 85.5 Å². The molecule has 2 aromatic heterocycles. The maximum atomic E-state index is 12.3. The number of hydrogen-bond acceptors (Lipinski definition) is 6. The van der Waals surface area contributed by atoms with E-state index in [1.807, 2.05) is 18.2 Å². The third-order valence-electron chi connectivity index (χ3n) is 4.16. The van der Waals surface area contributed by atoms with Crippen LogP contribution < -0.4 is 14.8 Å². The van der Waals surface area contributed by atoms with E-state index in [0.717, 1.165) is 0 Å². The van der Waals surface area contributed by atoms with Crippen molar-refractivity contribution in [2.45, 2.75) is 13.0 Å². The van der Waals surface area contributed by atoms with Gasteiger partial charge in [-0.05, 0) is 49.4 Å². The first kappa shape index (κ1) is 19.1. The second kappa shape index (κ2) is 8.87. The minimum absolute atomic E-state index is 0.242. The number of imidazole rings is 1. The predicted molar refractivity (Wildman–Crippen MR) is 111 cm³/mol. The maximum absolute atomic E-state index is 12.3. The number of benzene rings is 2. The van der Waals surface area contributed by atoms with E-state index >= 15 is 0 Å². The molecule has 150 valence electrons. The molecule has 4 rings (SSSR count). The van der Waals surface area contributed by atoms with Gasteiger partial charge in [-0.3, -0.25) is 9.36 Å². The van der Waals surface area contributed by atoms with E-state index in [1.54, 1.807) is 78.7 Å². The number of ether oxygens (including phenoxy) is 2. The molecule has 0 fully saturated rings. The fourth-order valence-electron chi connectivity index (χ4n) is 2.63. The van der Waals surface area contributed by atoms with Gasteiger partial charge < -0.3 is 14.8 Å². The second-order valence-corrected chi connectivity index (χ2v) is 6.39. The number of carbonyl (C=O) groups is 1. The average Bonchev–Trinajstić information content (AvgIpc) is 3.31. The SMILES string of the molecule is CC(Oc1ccccc1)C(=O)Nc1ccc(Oc2ccc(-n3ccnc3)nn2)cc1. The number of amides is 1. The Balaban J connectivity index is 1.33. The molecular formula is C22H19N5O3. The molecule has 2 heterocycles. The Hall–Kier alpha value is -4.20.